The second-order valence-corrected chi connectivity index (χ2v) is 7.96. The average Bonchev–Trinajstić information content (AvgIpc) is 2.83. The van der Waals surface area contributed by atoms with Gasteiger partial charge in [0.15, 0.2) is 6.29 Å². The van der Waals surface area contributed by atoms with Crippen molar-refractivity contribution in [3.05, 3.63) is 58.9 Å². The summed E-state index contributed by atoms with van der Waals surface area (Å²) in [5, 5.41) is 10.6. The van der Waals surface area contributed by atoms with E-state index in [0.717, 1.165) is 12.8 Å². The van der Waals surface area contributed by atoms with E-state index in [9.17, 15) is 14.7 Å². The molecule has 0 amide bonds. The molecule has 174 valence electrons. The Labute approximate surface area is 191 Å². The number of carbonyl (C=O) groups is 2. The number of esters is 1. The second-order valence-electron chi connectivity index (χ2n) is 7.96. The van der Waals surface area contributed by atoms with Crippen LogP contribution >= 0.6 is 0 Å². The number of pyridine rings is 1. The fraction of sp³-hybridized carbons (Fsp3) is 0.500. The zero-order chi connectivity index (χ0) is 23.2. The molecule has 0 spiro atoms. The SMILES string of the molecule is CCCCCCCCCCOc1ccc(CC(O)c2cccc(C(=O)OC)c2)nc1C=O. The number of unbranched alkanes of at least 4 members (excludes halogenated alkanes) is 7. The van der Waals surface area contributed by atoms with Gasteiger partial charge in [-0.3, -0.25) is 4.79 Å². The highest BCUT2D eigenvalue weighted by Gasteiger charge is 2.14. The van der Waals surface area contributed by atoms with Gasteiger partial charge in [-0.15, -0.1) is 0 Å². The van der Waals surface area contributed by atoms with E-state index in [0.29, 0.717) is 35.5 Å². The summed E-state index contributed by atoms with van der Waals surface area (Å²) in [7, 11) is 1.31. The lowest BCUT2D eigenvalue weighted by Gasteiger charge is -2.13. The fourth-order valence-electron chi connectivity index (χ4n) is 3.55. The Morgan fingerprint density at radius 3 is 2.47 bits per heavy atom. The molecule has 0 aliphatic heterocycles. The van der Waals surface area contributed by atoms with Crippen LogP contribution in [0, 0.1) is 0 Å². The Hall–Kier alpha value is -2.73. The van der Waals surface area contributed by atoms with Crippen LogP contribution in [0.4, 0.5) is 0 Å². The Morgan fingerprint density at radius 2 is 1.78 bits per heavy atom. The van der Waals surface area contributed by atoms with Crippen LogP contribution in [0.15, 0.2) is 36.4 Å². The second kappa shape index (κ2) is 14.4. The molecule has 2 aromatic rings. The first-order valence-electron chi connectivity index (χ1n) is 11.5. The Bertz CT molecular complexity index is 852. The smallest absolute Gasteiger partial charge is 0.337 e. The van der Waals surface area contributed by atoms with Gasteiger partial charge in [-0.1, -0.05) is 64.0 Å². The molecule has 0 radical (unpaired) electrons. The van der Waals surface area contributed by atoms with Crippen LogP contribution in [0.3, 0.4) is 0 Å². The molecule has 1 heterocycles. The number of aliphatic hydroxyl groups excluding tert-OH is 1. The summed E-state index contributed by atoms with van der Waals surface area (Å²) >= 11 is 0. The summed E-state index contributed by atoms with van der Waals surface area (Å²) in [5.41, 5.74) is 1.76. The summed E-state index contributed by atoms with van der Waals surface area (Å²) < 4.78 is 10.5. The van der Waals surface area contributed by atoms with Gasteiger partial charge in [0.2, 0.25) is 0 Å². The molecule has 1 aromatic carbocycles. The number of carbonyl (C=O) groups excluding carboxylic acids is 2. The summed E-state index contributed by atoms with van der Waals surface area (Å²) in [6, 6.07) is 10.1. The van der Waals surface area contributed by atoms with E-state index in [-0.39, 0.29) is 12.1 Å². The highest BCUT2D eigenvalue weighted by Crippen LogP contribution is 2.22. The zero-order valence-electron chi connectivity index (χ0n) is 19.2. The molecule has 0 aliphatic rings. The number of rotatable bonds is 15. The molecule has 0 saturated carbocycles. The van der Waals surface area contributed by atoms with Gasteiger partial charge in [-0.25, -0.2) is 9.78 Å². The van der Waals surface area contributed by atoms with Gasteiger partial charge >= 0.3 is 5.97 Å². The third-order valence-corrected chi connectivity index (χ3v) is 5.41. The lowest BCUT2D eigenvalue weighted by Crippen LogP contribution is -2.08. The molecule has 0 saturated heterocycles. The first-order valence-corrected chi connectivity index (χ1v) is 11.5. The van der Waals surface area contributed by atoms with Crippen LogP contribution < -0.4 is 4.74 Å². The lowest BCUT2D eigenvalue weighted by atomic mass is 10.0. The summed E-state index contributed by atoms with van der Waals surface area (Å²) in [6.07, 6.45) is 9.76. The van der Waals surface area contributed by atoms with Crippen molar-refractivity contribution < 1.29 is 24.2 Å². The largest absolute Gasteiger partial charge is 0.491 e. The third-order valence-electron chi connectivity index (χ3n) is 5.41. The van der Waals surface area contributed by atoms with Crippen LogP contribution in [0.25, 0.3) is 0 Å². The number of aldehydes is 1. The van der Waals surface area contributed by atoms with E-state index < -0.39 is 12.1 Å². The standard InChI is InChI=1S/C26H35NO5/c1-3-4-5-6-7-8-9-10-16-32-25-15-14-22(27-23(25)19-28)18-24(29)20-12-11-13-21(17-20)26(30)31-2/h11-15,17,19,24,29H,3-10,16,18H2,1-2H3. The van der Waals surface area contributed by atoms with Gasteiger partial charge in [0, 0.05) is 12.1 Å². The van der Waals surface area contributed by atoms with Crippen molar-refractivity contribution in [2.24, 2.45) is 0 Å². The molecule has 0 fully saturated rings. The van der Waals surface area contributed by atoms with Gasteiger partial charge in [-0.2, -0.15) is 0 Å². The zero-order valence-corrected chi connectivity index (χ0v) is 19.2. The topological polar surface area (TPSA) is 85.7 Å². The van der Waals surface area contributed by atoms with Crippen LogP contribution in [-0.2, 0) is 11.2 Å². The fourth-order valence-corrected chi connectivity index (χ4v) is 3.55. The van der Waals surface area contributed by atoms with Crippen molar-refractivity contribution in [1.29, 1.82) is 0 Å². The van der Waals surface area contributed by atoms with E-state index >= 15 is 0 Å². The van der Waals surface area contributed by atoms with E-state index in [4.69, 9.17) is 9.47 Å². The number of ether oxygens (including phenoxy) is 2. The van der Waals surface area contributed by atoms with E-state index in [1.807, 2.05) is 0 Å². The number of hydrogen-bond donors (Lipinski definition) is 1. The normalized spacial score (nSPS) is 11.7. The minimum atomic E-state index is -0.865. The molecule has 32 heavy (non-hydrogen) atoms. The molecular formula is C26H35NO5. The maximum atomic E-state index is 11.7. The predicted octanol–water partition coefficient (Wildman–Crippen LogP) is 5.48. The van der Waals surface area contributed by atoms with Crippen molar-refractivity contribution in [3.8, 4) is 5.75 Å². The lowest BCUT2D eigenvalue weighted by molar-refractivity contribution is 0.0600. The van der Waals surface area contributed by atoms with Gasteiger partial charge in [-0.05, 0) is 36.2 Å². The Morgan fingerprint density at radius 1 is 1.06 bits per heavy atom. The van der Waals surface area contributed by atoms with Crippen LogP contribution in [-0.4, -0.2) is 36.1 Å². The van der Waals surface area contributed by atoms with E-state index in [1.54, 1.807) is 36.4 Å². The number of benzene rings is 1. The van der Waals surface area contributed by atoms with Crippen molar-refractivity contribution >= 4 is 12.3 Å². The Kier molecular flexibility index (Phi) is 11.5. The summed E-state index contributed by atoms with van der Waals surface area (Å²) in [4.78, 5) is 27.5. The molecule has 1 unspecified atom stereocenters. The molecule has 2 rings (SSSR count). The van der Waals surface area contributed by atoms with Crippen molar-refractivity contribution in [3.63, 3.8) is 0 Å². The molecule has 6 nitrogen and oxygen atoms in total. The first-order chi connectivity index (χ1) is 15.6. The number of methoxy groups -OCH3 is 1. The van der Waals surface area contributed by atoms with E-state index in [2.05, 4.69) is 11.9 Å². The third kappa shape index (κ3) is 8.42. The Balaban J connectivity index is 1.85. The maximum absolute atomic E-state index is 11.7. The summed E-state index contributed by atoms with van der Waals surface area (Å²) in [6.45, 7) is 2.78. The highest BCUT2D eigenvalue weighted by molar-refractivity contribution is 5.89. The van der Waals surface area contributed by atoms with Crippen molar-refractivity contribution in [2.45, 2.75) is 70.8 Å². The highest BCUT2D eigenvalue weighted by atomic mass is 16.5. The minimum absolute atomic E-state index is 0.212. The monoisotopic (exact) mass is 441 g/mol. The minimum Gasteiger partial charge on any atom is -0.491 e. The number of nitrogens with zero attached hydrogens (tertiary/aromatic N) is 1. The summed E-state index contributed by atoms with van der Waals surface area (Å²) in [5.74, 6) is 0.00675. The number of aromatic nitrogens is 1. The van der Waals surface area contributed by atoms with E-state index in [1.165, 1.54) is 45.6 Å². The maximum Gasteiger partial charge on any atom is 0.337 e. The number of aliphatic hydroxyl groups is 1. The van der Waals surface area contributed by atoms with Gasteiger partial charge in [0.05, 0.1) is 25.4 Å². The molecule has 0 bridgehead atoms. The van der Waals surface area contributed by atoms with Crippen molar-refractivity contribution in [2.75, 3.05) is 13.7 Å². The average molecular weight is 442 g/mol. The molecule has 1 N–H and O–H groups in total. The quantitative estimate of drug-likeness (QED) is 0.224. The van der Waals surface area contributed by atoms with Crippen molar-refractivity contribution in [1.82, 2.24) is 4.98 Å². The molecule has 0 aliphatic carbocycles. The van der Waals surface area contributed by atoms with Crippen LogP contribution in [0.2, 0.25) is 0 Å². The molecule has 6 heteroatoms. The molecule has 1 aromatic heterocycles. The van der Waals surface area contributed by atoms with Gasteiger partial charge in [0.1, 0.15) is 11.4 Å². The molecular weight excluding hydrogens is 406 g/mol. The van der Waals surface area contributed by atoms with Crippen LogP contribution in [0.1, 0.15) is 96.5 Å². The first kappa shape index (κ1) is 25.5. The van der Waals surface area contributed by atoms with Crippen LogP contribution in [0.5, 0.6) is 5.75 Å². The predicted molar refractivity (Wildman–Crippen MR) is 124 cm³/mol. The number of hydrogen-bond acceptors (Lipinski definition) is 6. The van der Waals surface area contributed by atoms with Gasteiger partial charge < -0.3 is 14.6 Å². The molecule has 1 atom stereocenters. The van der Waals surface area contributed by atoms with Gasteiger partial charge in [0.25, 0.3) is 0 Å².